The fourth-order valence-corrected chi connectivity index (χ4v) is 3.81. The standard InChI is InChI=1S/C17H24N4OS/c1-23(22)17-19-18-13-21(17)14-20-11-9-16(10-12-20)8-7-15-5-3-2-4-6-15/h2-6,13,16H,7-12,14H2,1H3/t23-/m0/s1. The molecule has 1 atom stereocenters. The minimum Gasteiger partial charge on any atom is -0.293 e. The topological polar surface area (TPSA) is 51.0 Å². The summed E-state index contributed by atoms with van der Waals surface area (Å²) >= 11 is 0. The SMILES string of the molecule is C[S@](=O)c1nncn1CN1CCC(CCc2ccccc2)CC1. The van der Waals surface area contributed by atoms with Gasteiger partial charge in [-0.3, -0.25) is 13.7 Å². The Hall–Kier alpha value is -1.53. The first-order valence-electron chi connectivity index (χ1n) is 8.20. The summed E-state index contributed by atoms with van der Waals surface area (Å²) in [6.45, 7) is 2.92. The molecule has 0 N–H and O–H groups in total. The normalized spacial score (nSPS) is 18.1. The molecule has 1 aromatic heterocycles. The van der Waals surface area contributed by atoms with E-state index in [1.54, 1.807) is 12.6 Å². The van der Waals surface area contributed by atoms with Crippen LogP contribution in [0.1, 0.15) is 24.8 Å². The Balaban J connectivity index is 1.45. The Kier molecular flexibility index (Phi) is 5.56. The Morgan fingerprint density at radius 2 is 1.96 bits per heavy atom. The summed E-state index contributed by atoms with van der Waals surface area (Å²) in [6.07, 6.45) is 8.25. The summed E-state index contributed by atoms with van der Waals surface area (Å²) in [5, 5.41) is 8.39. The third kappa shape index (κ3) is 4.48. The Labute approximate surface area is 140 Å². The van der Waals surface area contributed by atoms with Crippen molar-refractivity contribution in [1.82, 2.24) is 19.7 Å². The van der Waals surface area contributed by atoms with E-state index in [2.05, 4.69) is 45.4 Å². The lowest BCUT2D eigenvalue weighted by molar-refractivity contribution is 0.139. The fourth-order valence-electron chi connectivity index (χ4n) is 3.21. The van der Waals surface area contributed by atoms with Crippen LogP contribution < -0.4 is 0 Å². The molecule has 1 fully saturated rings. The molecule has 1 aromatic carbocycles. The number of likely N-dealkylation sites (tertiary alicyclic amines) is 1. The number of hydrogen-bond donors (Lipinski definition) is 0. The zero-order valence-corrected chi connectivity index (χ0v) is 14.4. The molecule has 0 bridgehead atoms. The minimum atomic E-state index is -1.08. The first kappa shape index (κ1) is 16.3. The highest BCUT2D eigenvalue weighted by Crippen LogP contribution is 2.23. The second-order valence-electron chi connectivity index (χ2n) is 6.26. The summed E-state index contributed by atoms with van der Waals surface area (Å²) in [4.78, 5) is 2.40. The Bertz CT molecular complexity index is 635. The van der Waals surface area contributed by atoms with Crippen LogP contribution in [0.4, 0.5) is 0 Å². The molecule has 0 spiro atoms. The van der Waals surface area contributed by atoms with Crippen molar-refractivity contribution < 1.29 is 4.21 Å². The fraction of sp³-hybridized carbons (Fsp3) is 0.529. The number of hydrogen-bond acceptors (Lipinski definition) is 4. The molecule has 0 aliphatic carbocycles. The van der Waals surface area contributed by atoms with Gasteiger partial charge in [0.15, 0.2) is 0 Å². The first-order chi connectivity index (χ1) is 11.2. The maximum absolute atomic E-state index is 11.6. The van der Waals surface area contributed by atoms with Crippen LogP contribution in [-0.2, 0) is 23.9 Å². The van der Waals surface area contributed by atoms with Crippen LogP contribution in [0, 0.1) is 5.92 Å². The second-order valence-corrected chi connectivity index (χ2v) is 7.54. The minimum absolute atomic E-state index is 0.566. The van der Waals surface area contributed by atoms with Crippen molar-refractivity contribution in [2.75, 3.05) is 19.3 Å². The van der Waals surface area contributed by atoms with Gasteiger partial charge in [-0.15, -0.1) is 10.2 Å². The highest BCUT2D eigenvalue weighted by molar-refractivity contribution is 7.84. The van der Waals surface area contributed by atoms with Crippen LogP contribution in [0.3, 0.4) is 0 Å². The average Bonchev–Trinajstić information content (AvgIpc) is 3.04. The molecule has 3 rings (SSSR count). The Morgan fingerprint density at radius 3 is 2.65 bits per heavy atom. The smallest absolute Gasteiger partial charge is 0.222 e. The van der Waals surface area contributed by atoms with E-state index < -0.39 is 10.8 Å². The van der Waals surface area contributed by atoms with E-state index in [1.165, 1.54) is 31.2 Å². The molecule has 0 saturated carbocycles. The van der Waals surface area contributed by atoms with Gasteiger partial charge < -0.3 is 0 Å². The number of nitrogens with zero attached hydrogens (tertiary/aromatic N) is 4. The van der Waals surface area contributed by atoms with Gasteiger partial charge in [0.1, 0.15) is 6.33 Å². The van der Waals surface area contributed by atoms with E-state index in [0.717, 1.165) is 25.7 Å². The third-order valence-electron chi connectivity index (χ3n) is 4.58. The molecule has 1 aliphatic rings. The molecule has 0 radical (unpaired) electrons. The van der Waals surface area contributed by atoms with Crippen LogP contribution in [0.25, 0.3) is 0 Å². The maximum atomic E-state index is 11.6. The maximum Gasteiger partial charge on any atom is 0.222 e. The summed E-state index contributed by atoms with van der Waals surface area (Å²) < 4.78 is 13.5. The monoisotopic (exact) mass is 332 g/mol. The molecule has 6 heteroatoms. The van der Waals surface area contributed by atoms with E-state index in [9.17, 15) is 4.21 Å². The second kappa shape index (κ2) is 7.84. The lowest BCUT2D eigenvalue weighted by atomic mass is 9.91. The quantitative estimate of drug-likeness (QED) is 0.814. The predicted octanol–water partition coefficient (Wildman–Crippen LogP) is 2.32. The van der Waals surface area contributed by atoms with E-state index in [-0.39, 0.29) is 0 Å². The molecule has 0 unspecified atom stereocenters. The molecular weight excluding hydrogens is 308 g/mol. The average molecular weight is 332 g/mol. The summed E-state index contributed by atoms with van der Waals surface area (Å²) in [5.74, 6) is 0.812. The van der Waals surface area contributed by atoms with Crippen molar-refractivity contribution in [1.29, 1.82) is 0 Å². The highest BCUT2D eigenvalue weighted by atomic mass is 32.2. The van der Waals surface area contributed by atoms with Crippen LogP contribution in [0.15, 0.2) is 41.8 Å². The predicted molar refractivity (Wildman–Crippen MR) is 91.4 cm³/mol. The van der Waals surface area contributed by atoms with Crippen molar-refractivity contribution in [2.45, 2.75) is 37.5 Å². The van der Waals surface area contributed by atoms with Gasteiger partial charge in [-0.1, -0.05) is 30.3 Å². The molecule has 0 amide bonds. The summed E-state index contributed by atoms with van der Waals surface area (Å²) in [6, 6.07) is 10.7. The molecule has 23 heavy (non-hydrogen) atoms. The van der Waals surface area contributed by atoms with Crippen molar-refractivity contribution in [3.63, 3.8) is 0 Å². The third-order valence-corrected chi connectivity index (χ3v) is 5.41. The van der Waals surface area contributed by atoms with Gasteiger partial charge >= 0.3 is 0 Å². The van der Waals surface area contributed by atoms with Gasteiger partial charge in [-0.2, -0.15) is 0 Å². The number of piperidine rings is 1. The first-order valence-corrected chi connectivity index (χ1v) is 9.75. The van der Waals surface area contributed by atoms with Crippen LogP contribution in [0.5, 0.6) is 0 Å². The molecule has 124 valence electrons. The zero-order valence-electron chi connectivity index (χ0n) is 13.6. The number of aromatic nitrogens is 3. The van der Waals surface area contributed by atoms with Gasteiger partial charge in [-0.05, 0) is 37.2 Å². The molecule has 1 saturated heterocycles. The van der Waals surface area contributed by atoms with Crippen molar-refractivity contribution >= 4 is 10.8 Å². The van der Waals surface area contributed by atoms with E-state index in [1.807, 2.05) is 4.57 Å². The van der Waals surface area contributed by atoms with Gasteiger partial charge in [0.25, 0.3) is 0 Å². The van der Waals surface area contributed by atoms with Crippen LogP contribution in [-0.4, -0.2) is 43.2 Å². The van der Waals surface area contributed by atoms with Crippen molar-refractivity contribution in [3.05, 3.63) is 42.2 Å². The van der Waals surface area contributed by atoms with Crippen molar-refractivity contribution in [2.24, 2.45) is 5.92 Å². The zero-order chi connectivity index (χ0) is 16.1. The highest BCUT2D eigenvalue weighted by Gasteiger charge is 2.20. The van der Waals surface area contributed by atoms with Gasteiger partial charge in [0, 0.05) is 19.3 Å². The van der Waals surface area contributed by atoms with Crippen LogP contribution >= 0.6 is 0 Å². The van der Waals surface area contributed by atoms with Gasteiger partial charge in [0.2, 0.25) is 5.16 Å². The lowest BCUT2D eigenvalue weighted by Crippen LogP contribution is -2.35. The molecule has 1 aliphatic heterocycles. The summed E-state index contributed by atoms with van der Waals surface area (Å²) in [5.41, 5.74) is 1.44. The lowest BCUT2D eigenvalue weighted by Gasteiger charge is -2.32. The molecule has 2 heterocycles. The van der Waals surface area contributed by atoms with Gasteiger partial charge in [-0.25, -0.2) is 0 Å². The molecule has 2 aromatic rings. The van der Waals surface area contributed by atoms with Crippen molar-refractivity contribution in [3.8, 4) is 0 Å². The largest absolute Gasteiger partial charge is 0.293 e. The summed E-state index contributed by atoms with van der Waals surface area (Å²) in [7, 11) is -1.08. The number of rotatable bonds is 6. The molecule has 5 nitrogen and oxygen atoms in total. The van der Waals surface area contributed by atoms with E-state index in [0.29, 0.717) is 5.16 Å². The van der Waals surface area contributed by atoms with E-state index in [4.69, 9.17) is 0 Å². The van der Waals surface area contributed by atoms with Gasteiger partial charge in [0.05, 0.1) is 17.5 Å². The molecular formula is C17H24N4OS. The number of aryl methyl sites for hydroxylation is 1. The van der Waals surface area contributed by atoms with Crippen LogP contribution in [0.2, 0.25) is 0 Å². The number of benzene rings is 1. The van der Waals surface area contributed by atoms with E-state index >= 15 is 0 Å². The Morgan fingerprint density at radius 1 is 1.22 bits per heavy atom.